The van der Waals surface area contributed by atoms with Crippen molar-refractivity contribution in [1.82, 2.24) is 10.3 Å². The summed E-state index contributed by atoms with van der Waals surface area (Å²) in [6.07, 6.45) is 0.208. The normalized spacial score (nSPS) is 12.4. The molecule has 4 aromatic rings. The summed E-state index contributed by atoms with van der Waals surface area (Å²) in [6, 6.07) is 19.4. The highest BCUT2D eigenvalue weighted by atomic mass is 32.1. The van der Waals surface area contributed by atoms with Gasteiger partial charge in [-0.15, -0.1) is 11.3 Å². The molecule has 3 aromatic carbocycles. The zero-order chi connectivity index (χ0) is 22.6. The Bertz CT molecular complexity index is 1330. The van der Waals surface area contributed by atoms with Crippen LogP contribution in [-0.2, 0) is 16.0 Å². The number of nitrogens with zero attached hydrogens (tertiary/aromatic N) is 1. The molecule has 5 rings (SSSR count). The molecule has 1 aliphatic rings. The van der Waals surface area contributed by atoms with Gasteiger partial charge in [-0.3, -0.25) is 9.59 Å². The monoisotopic (exact) mass is 459 g/mol. The molecule has 0 atom stereocenters. The van der Waals surface area contributed by atoms with Gasteiger partial charge < -0.3 is 20.1 Å². The third-order valence-electron chi connectivity index (χ3n) is 5.27. The molecular weight excluding hydrogens is 438 g/mol. The van der Waals surface area contributed by atoms with E-state index in [4.69, 9.17) is 9.47 Å². The van der Waals surface area contributed by atoms with Gasteiger partial charge in [0.15, 0.2) is 16.6 Å². The third-order valence-corrected chi connectivity index (χ3v) is 6.02. The molecule has 2 amide bonds. The number of rotatable bonds is 6. The van der Waals surface area contributed by atoms with Crippen molar-refractivity contribution in [3.8, 4) is 22.8 Å². The van der Waals surface area contributed by atoms with Crippen molar-refractivity contribution in [3.05, 3.63) is 71.6 Å². The summed E-state index contributed by atoms with van der Waals surface area (Å²) >= 11 is 1.32. The minimum atomic E-state index is -0.329. The molecule has 166 valence electrons. The quantitative estimate of drug-likeness (QED) is 0.454. The Morgan fingerprint density at radius 3 is 2.67 bits per heavy atom. The van der Waals surface area contributed by atoms with Gasteiger partial charge in [-0.25, -0.2) is 4.98 Å². The van der Waals surface area contributed by atoms with E-state index in [2.05, 4.69) is 15.6 Å². The minimum Gasteiger partial charge on any atom is -0.486 e. The van der Waals surface area contributed by atoms with E-state index in [0.29, 0.717) is 29.8 Å². The fourth-order valence-corrected chi connectivity index (χ4v) is 4.43. The van der Waals surface area contributed by atoms with E-state index in [-0.39, 0.29) is 24.8 Å². The second kappa shape index (κ2) is 9.30. The van der Waals surface area contributed by atoms with Gasteiger partial charge in [0.25, 0.3) is 0 Å². The number of thiazole rings is 1. The maximum atomic E-state index is 12.4. The van der Waals surface area contributed by atoms with E-state index in [0.717, 1.165) is 27.6 Å². The summed E-state index contributed by atoms with van der Waals surface area (Å²) in [4.78, 5) is 29.2. The molecule has 0 radical (unpaired) electrons. The molecule has 1 aromatic heterocycles. The molecule has 0 aliphatic carbocycles. The average molecular weight is 460 g/mol. The van der Waals surface area contributed by atoms with Gasteiger partial charge in [-0.2, -0.15) is 0 Å². The van der Waals surface area contributed by atoms with Gasteiger partial charge in [-0.1, -0.05) is 42.5 Å². The fraction of sp³-hybridized carbons (Fsp3) is 0.160. The van der Waals surface area contributed by atoms with Crippen LogP contribution in [0.4, 0.5) is 5.13 Å². The Hall–Kier alpha value is -3.91. The maximum absolute atomic E-state index is 12.4. The Kier molecular flexibility index (Phi) is 5.91. The maximum Gasteiger partial charge on any atom is 0.245 e. The molecule has 2 N–H and O–H groups in total. The van der Waals surface area contributed by atoms with Crippen molar-refractivity contribution in [2.24, 2.45) is 0 Å². The molecule has 33 heavy (non-hydrogen) atoms. The molecular formula is C25H21N3O4S. The van der Waals surface area contributed by atoms with Crippen molar-refractivity contribution in [2.45, 2.75) is 6.42 Å². The number of hydrogen-bond donors (Lipinski definition) is 2. The predicted molar refractivity (Wildman–Crippen MR) is 128 cm³/mol. The first-order valence-corrected chi connectivity index (χ1v) is 11.4. The van der Waals surface area contributed by atoms with Gasteiger partial charge in [0.2, 0.25) is 11.8 Å². The van der Waals surface area contributed by atoms with Crippen LogP contribution in [0.15, 0.2) is 66.0 Å². The van der Waals surface area contributed by atoms with Gasteiger partial charge in [0.1, 0.15) is 13.2 Å². The van der Waals surface area contributed by atoms with Crippen molar-refractivity contribution in [1.29, 1.82) is 0 Å². The average Bonchev–Trinajstić information content (AvgIpc) is 3.31. The van der Waals surface area contributed by atoms with Crippen molar-refractivity contribution in [2.75, 3.05) is 25.1 Å². The van der Waals surface area contributed by atoms with Crippen molar-refractivity contribution in [3.63, 3.8) is 0 Å². The number of aromatic nitrogens is 1. The topological polar surface area (TPSA) is 89.6 Å². The van der Waals surface area contributed by atoms with E-state index >= 15 is 0 Å². The lowest BCUT2D eigenvalue weighted by Gasteiger charge is -2.18. The number of benzene rings is 3. The van der Waals surface area contributed by atoms with E-state index in [1.54, 1.807) is 0 Å². The Balaban J connectivity index is 1.16. The molecule has 0 saturated heterocycles. The summed E-state index contributed by atoms with van der Waals surface area (Å²) in [5, 5.41) is 9.87. The molecule has 2 heterocycles. The number of anilines is 1. The Morgan fingerprint density at radius 1 is 0.939 bits per heavy atom. The molecule has 0 spiro atoms. The highest BCUT2D eigenvalue weighted by Crippen LogP contribution is 2.35. The van der Waals surface area contributed by atoms with E-state index < -0.39 is 0 Å². The second-order valence-electron chi connectivity index (χ2n) is 7.54. The Morgan fingerprint density at radius 2 is 1.76 bits per heavy atom. The van der Waals surface area contributed by atoms with Crippen LogP contribution in [0.5, 0.6) is 11.5 Å². The van der Waals surface area contributed by atoms with Gasteiger partial charge in [0.05, 0.1) is 18.7 Å². The first-order valence-electron chi connectivity index (χ1n) is 10.5. The van der Waals surface area contributed by atoms with Crippen LogP contribution in [-0.4, -0.2) is 36.6 Å². The molecule has 1 aliphatic heterocycles. The van der Waals surface area contributed by atoms with Crippen LogP contribution in [0.3, 0.4) is 0 Å². The lowest BCUT2D eigenvalue weighted by Crippen LogP contribution is -2.33. The van der Waals surface area contributed by atoms with Crippen molar-refractivity contribution >= 4 is 39.1 Å². The molecule has 0 unspecified atom stereocenters. The van der Waals surface area contributed by atoms with E-state index in [1.807, 2.05) is 66.0 Å². The van der Waals surface area contributed by atoms with Crippen LogP contribution in [0.2, 0.25) is 0 Å². The smallest absolute Gasteiger partial charge is 0.245 e. The lowest BCUT2D eigenvalue weighted by atomic mass is 10.0. The predicted octanol–water partition coefficient (Wildman–Crippen LogP) is 4.03. The number of nitrogens with one attached hydrogen (secondary N) is 2. The summed E-state index contributed by atoms with van der Waals surface area (Å²) in [5.41, 5.74) is 2.53. The number of amides is 2. The zero-order valence-corrected chi connectivity index (χ0v) is 18.5. The first kappa shape index (κ1) is 21.0. The number of carbonyl (C=O) groups is 2. The van der Waals surface area contributed by atoms with Crippen LogP contribution in [0.1, 0.15) is 5.56 Å². The van der Waals surface area contributed by atoms with E-state index in [9.17, 15) is 9.59 Å². The first-order chi connectivity index (χ1) is 16.2. The van der Waals surface area contributed by atoms with Crippen LogP contribution in [0.25, 0.3) is 22.0 Å². The molecule has 0 fully saturated rings. The summed E-state index contributed by atoms with van der Waals surface area (Å²) < 4.78 is 11.2. The fourth-order valence-electron chi connectivity index (χ4n) is 3.69. The third kappa shape index (κ3) is 4.80. The number of hydrogen-bond acceptors (Lipinski definition) is 6. The standard InChI is InChI=1S/C25H21N3O4S/c29-23(13-17-6-3-5-16-4-1-2-7-19(16)17)26-14-24(30)28-25-27-20(15-33-25)18-8-9-21-22(12-18)32-11-10-31-21/h1-9,12,15H,10-11,13-14H2,(H,26,29)(H,27,28,30). The highest BCUT2D eigenvalue weighted by Gasteiger charge is 2.15. The second-order valence-corrected chi connectivity index (χ2v) is 8.39. The Labute approximate surface area is 194 Å². The number of fused-ring (bicyclic) bond motifs is 2. The largest absolute Gasteiger partial charge is 0.486 e. The van der Waals surface area contributed by atoms with E-state index in [1.165, 1.54) is 11.3 Å². The molecule has 8 heteroatoms. The number of carbonyl (C=O) groups excluding carboxylic acids is 2. The minimum absolute atomic E-state index is 0.122. The lowest BCUT2D eigenvalue weighted by molar-refractivity contribution is -0.123. The highest BCUT2D eigenvalue weighted by molar-refractivity contribution is 7.14. The van der Waals surface area contributed by atoms with Crippen LogP contribution >= 0.6 is 11.3 Å². The van der Waals surface area contributed by atoms with Crippen LogP contribution < -0.4 is 20.1 Å². The molecule has 7 nitrogen and oxygen atoms in total. The summed E-state index contributed by atoms with van der Waals surface area (Å²) in [5.74, 6) is 0.862. The van der Waals surface area contributed by atoms with Gasteiger partial charge in [-0.05, 0) is 34.5 Å². The SMILES string of the molecule is O=C(Cc1cccc2ccccc12)NCC(=O)Nc1nc(-c2ccc3c(c2)OCCO3)cs1. The number of ether oxygens (including phenoxy) is 2. The van der Waals surface area contributed by atoms with Gasteiger partial charge >= 0.3 is 0 Å². The molecule has 0 bridgehead atoms. The summed E-state index contributed by atoms with van der Waals surface area (Å²) in [7, 11) is 0. The summed E-state index contributed by atoms with van der Waals surface area (Å²) in [6.45, 7) is 0.932. The van der Waals surface area contributed by atoms with Gasteiger partial charge in [0, 0.05) is 10.9 Å². The molecule has 0 saturated carbocycles. The van der Waals surface area contributed by atoms with Crippen LogP contribution in [0, 0.1) is 0 Å². The zero-order valence-electron chi connectivity index (χ0n) is 17.7. The van der Waals surface area contributed by atoms with Crippen molar-refractivity contribution < 1.29 is 19.1 Å².